The second-order valence-corrected chi connectivity index (χ2v) is 7.27. The number of thioether (sulfide) groups is 1. The van der Waals surface area contributed by atoms with Crippen LogP contribution >= 0.6 is 11.8 Å². The molecule has 2 atom stereocenters. The molecule has 0 aromatic heterocycles. The molecule has 0 bridgehead atoms. The molecule has 0 fully saturated rings. The van der Waals surface area contributed by atoms with Crippen LogP contribution in [0, 0.1) is 0 Å². The van der Waals surface area contributed by atoms with Crippen LogP contribution in [0.15, 0.2) is 46.5 Å². The van der Waals surface area contributed by atoms with E-state index in [9.17, 15) is 14.4 Å². The van der Waals surface area contributed by atoms with Crippen molar-refractivity contribution >= 4 is 29.7 Å². The van der Waals surface area contributed by atoms with Crippen LogP contribution in [0.1, 0.15) is 27.2 Å². The monoisotopic (exact) mass is 392 g/mol. The molecule has 7 nitrogen and oxygen atoms in total. The molecule has 0 saturated heterocycles. The standard InChI is InChI=1S/C19H24N2O5S/c1-4-14-16(18(23)25-5-2)15(21-19(24)20-14)11-26-17(22)12(3)27-13-9-7-6-8-10-13/h6-10,12,14H,4-5,11H2,1-3H3,(H2,20,21,24)/t12-,14-/m0/s1. The van der Waals surface area contributed by atoms with Gasteiger partial charge in [0.25, 0.3) is 0 Å². The molecular formula is C19H24N2O5S. The van der Waals surface area contributed by atoms with Crippen molar-refractivity contribution in [2.75, 3.05) is 13.2 Å². The Morgan fingerprint density at radius 2 is 1.89 bits per heavy atom. The van der Waals surface area contributed by atoms with Crippen molar-refractivity contribution in [2.24, 2.45) is 0 Å². The Bertz CT molecular complexity index is 720. The summed E-state index contributed by atoms with van der Waals surface area (Å²) in [5.74, 6) is -0.963. The molecule has 27 heavy (non-hydrogen) atoms. The van der Waals surface area contributed by atoms with Crippen molar-refractivity contribution in [2.45, 2.75) is 43.4 Å². The molecule has 0 unspecified atom stereocenters. The number of hydrogen-bond acceptors (Lipinski definition) is 6. The third kappa shape index (κ3) is 5.75. The van der Waals surface area contributed by atoms with E-state index in [1.54, 1.807) is 13.8 Å². The van der Waals surface area contributed by atoms with Gasteiger partial charge in [-0.15, -0.1) is 11.8 Å². The van der Waals surface area contributed by atoms with E-state index in [1.165, 1.54) is 11.8 Å². The molecule has 2 amide bonds. The minimum atomic E-state index is -0.533. The minimum absolute atomic E-state index is 0.198. The third-order valence-electron chi connectivity index (χ3n) is 3.89. The average molecular weight is 392 g/mol. The summed E-state index contributed by atoms with van der Waals surface area (Å²) in [6, 6.07) is 8.60. The predicted octanol–water partition coefficient (Wildman–Crippen LogP) is 2.62. The fraction of sp³-hybridized carbons (Fsp3) is 0.421. The zero-order chi connectivity index (χ0) is 19.8. The van der Waals surface area contributed by atoms with Gasteiger partial charge in [-0.25, -0.2) is 9.59 Å². The van der Waals surface area contributed by atoms with E-state index >= 15 is 0 Å². The Morgan fingerprint density at radius 1 is 1.19 bits per heavy atom. The van der Waals surface area contributed by atoms with Gasteiger partial charge in [-0.3, -0.25) is 4.79 Å². The summed E-state index contributed by atoms with van der Waals surface area (Å²) in [6.45, 7) is 5.31. The quantitative estimate of drug-likeness (QED) is 0.522. The van der Waals surface area contributed by atoms with Crippen molar-refractivity contribution < 1.29 is 23.9 Å². The van der Waals surface area contributed by atoms with E-state index in [2.05, 4.69) is 10.6 Å². The summed E-state index contributed by atoms with van der Waals surface area (Å²) in [5, 5.41) is 4.80. The van der Waals surface area contributed by atoms with Crippen LogP contribution < -0.4 is 10.6 Å². The van der Waals surface area contributed by atoms with Gasteiger partial charge in [-0.1, -0.05) is 25.1 Å². The first-order valence-corrected chi connectivity index (χ1v) is 9.70. The van der Waals surface area contributed by atoms with Crippen LogP contribution in [0.4, 0.5) is 4.79 Å². The van der Waals surface area contributed by atoms with Gasteiger partial charge in [0.15, 0.2) is 0 Å². The van der Waals surface area contributed by atoms with Crippen LogP contribution in [0.2, 0.25) is 0 Å². The summed E-state index contributed by atoms with van der Waals surface area (Å²) in [5.41, 5.74) is 0.546. The second kappa shape index (κ2) is 10.0. The molecule has 1 heterocycles. The summed E-state index contributed by atoms with van der Waals surface area (Å²) < 4.78 is 10.4. The van der Waals surface area contributed by atoms with E-state index in [1.807, 2.05) is 37.3 Å². The van der Waals surface area contributed by atoms with Crippen molar-refractivity contribution in [1.82, 2.24) is 10.6 Å². The van der Waals surface area contributed by atoms with E-state index < -0.39 is 29.3 Å². The molecule has 0 saturated carbocycles. The van der Waals surface area contributed by atoms with Crippen LogP contribution in [-0.2, 0) is 19.1 Å². The third-order valence-corrected chi connectivity index (χ3v) is 4.98. The van der Waals surface area contributed by atoms with Crippen molar-refractivity contribution in [3.63, 3.8) is 0 Å². The van der Waals surface area contributed by atoms with Gasteiger partial charge >= 0.3 is 18.0 Å². The first-order chi connectivity index (χ1) is 13.0. The Hall–Kier alpha value is -2.48. The smallest absolute Gasteiger partial charge is 0.338 e. The van der Waals surface area contributed by atoms with Gasteiger partial charge in [-0.2, -0.15) is 0 Å². The normalized spacial score (nSPS) is 17.6. The Balaban J connectivity index is 2.08. The number of ether oxygens (including phenoxy) is 2. The predicted molar refractivity (Wildman–Crippen MR) is 102 cm³/mol. The number of benzene rings is 1. The summed E-state index contributed by atoms with van der Waals surface area (Å²) >= 11 is 1.38. The zero-order valence-electron chi connectivity index (χ0n) is 15.6. The topological polar surface area (TPSA) is 93.7 Å². The number of nitrogens with one attached hydrogen (secondary N) is 2. The summed E-state index contributed by atoms with van der Waals surface area (Å²) in [7, 11) is 0. The number of urea groups is 1. The SMILES string of the molecule is CCOC(=O)C1=C(COC(=O)[C@H](C)Sc2ccccc2)NC(=O)N[C@H]1CC. The Morgan fingerprint density at radius 3 is 2.52 bits per heavy atom. The molecule has 1 aromatic rings. The summed E-state index contributed by atoms with van der Waals surface area (Å²) in [6.07, 6.45) is 0.513. The lowest BCUT2D eigenvalue weighted by atomic mass is 10.0. The lowest BCUT2D eigenvalue weighted by Crippen LogP contribution is -2.51. The largest absolute Gasteiger partial charge is 0.463 e. The van der Waals surface area contributed by atoms with Crippen molar-refractivity contribution in [3.05, 3.63) is 41.6 Å². The maximum Gasteiger partial charge on any atom is 0.338 e. The highest BCUT2D eigenvalue weighted by Gasteiger charge is 2.32. The first kappa shape index (κ1) is 20.8. The van der Waals surface area contributed by atoms with Gasteiger partial charge in [0.1, 0.15) is 11.9 Å². The first-order valence-electron chi connectivity index (χ1n) is 8.82. The fourth-order valence-electron chi connectivity index (χ4n) is 2.59. The zero-order valence-corrected chi connectivity index (χ0v) is 16.4. The van der Waals surface area contributed by atoms with Crippen LogP contribution in [0.3, 0.4) is 0 Å². The molecular weight excluding hydrogens is 368 g/mol. The fourth-order valence-corrected chi connectivity index (χ4v) is 3.47. The van der Waals surface area contributed by atoms with Gasteiger partial charge < -0.3 is 20.1 Å². The Kier molecular flexibility index (Phi) is 7.72. The van der Waals surface area contributed by atoms with E-state index in [0.717, 1.165) is 4.90 Å². The number of hydrogen-bond donors (Lipinski definition) is 2. The van der Waals surface area contributed by atoms with Crippen molar-refractivity contribution in [3.8, 4) is 0 Å². The molecule has 8 heteroatoms. The lowest BCUT2D eigenvalue weighted by molar-refractivity contribution is -0.143. The minimum Gasteiger partial charge on any atom is -0.463 e. The van der Waals surface area contributed by atoms with E-state index in [0.29, 0.717) is 6.42 Å². The van der Waals surface area contributed by atoms with Gasteiger partial charge in [-0.05, 0) is 32.4 Å². The van der Waals surface area contributed by atoms with E-state index in [-0.39, 0.29) is 24.5 Å². The van der Waals surface area contributed by atoms with Gasteiger partial charge in [0, 0.05) is 4.90 Å². The van der Waals surface area contributed by atoms with Crippen LogP contribution in [0.25, 0.3) is 0 Å². The van der Waals surface area contributed by atoms with E-state index in [4.69, 9.17) is 9.47 Å². The molecule has 1 aliphatic rings. The van der Waals surface area contributed by atoms with Crippen LogP contribution in [0.5, 0.6) is 0 Å². The second-order valence-electron chi connectivity index (χ2n) is 5.85. The molecule has 2 N–H and O–H groups in total. The van der Waals surface area contributed by atoms with Crippen LogP contribution in [-0.4, -0.2) is 42.5 Å². The highest BCUT2D eigenvalue weighted by atomic mass is 32.2. The van der Waals surface area contributed by atoms with Gasteiger partial charge in [0.2, 0.25) is 0 Å². The number of carbonyl (C=O) groups excluding carboxylic acids is 3. The maximum atomic E-state index is 12.3. The lowest BCUT2D eigenvalue weighted by Gasteiger charge is -2.28. The molecule has 1 aromatic carbocycles. The number of amides is 2. The molecule has 1 aliphatic heterocycles. The molecule has 2 rings (SSSR count). The van der Waals surface area contributed by atoms with Crippen molar-refractivity contribution in [1.29, 1.82) is 0 Å². The number of carbonyl (C=O) groups is 3. The Labute approximate surface area is 162 Å². The highest BCUT2D eigenvalue weighted by Crippen LogP contribution is 2.24. The maximum absolute atomic E-state index is 12.3. The molecule has 0 aliphatic carbocycles. The molecule has 146 valence electrons. The summed E-state index contributed by atoms with van der Waals surface area (Å²) in [4.78, 5) is 37.4. The molecule has 0 radical (unpaired) electrons. The molecule has 0 spiro atoms. The number of esters is 2. The highest BCUT2D eigenvalue weighted by molar-refractivity contribution is 8.00. The number of rotatable bonds is 8. The average Bonchev–Trinajstić information content (AvgIpc) is 2.66. The van der Waals surface area contributed by atoms with Gasteiger partial charge in [0.05, 0.1) is 23.9 Å².